The van der Waals surface area contributed by atoms with E-state index in [1.54, 1.807) is 0 Å². The number of nitrogens with zero attached hydrogens (tertiary/aromatic N) is 4. The van der Waals surface area contributed by atoms with Crippen LogP contribution in [0.4, 0.5) is 0 Å². The molecule has 0 saturated heterocycles. The maximum atomic E-state index is 5.12. The summed E-state index contributed by atoms with van der Waals surface area (Å²) < 4.78 is 2.45. The quantitative estimate of drug-likeness (QED) is 0.194. The molecule has 1 spiro atoms. The van der Waals surface area contributed by atoms with E-state index >= 15 is 0 Å². The number of para-hydroxylation sites is 1. The van der Waals surface area contributed by atoms with Gasteiger partial charge in [0.05, 0.1) is 44.9 Å². The van der Waals surface area contributed by atoms with Gasteiger partial charge in [0.25, 0.3) is 0 Å². The molecule has 50 heavy (non-hydrogen) atoms. The van der Waals surface area contributed by atoms with Gasteiger partial charge in [0, 0.05) is 28.7 Å². The Kier molecular flexibility index (Phi) is 5.56. The Morgan fingerprint density at radius 1 is 0.420 bits per heavy atom. The molecule has 0 atom stereocenters. The van der Waals surface area contributed by atoms with Crippen LogP contribution < -0.4 is 0 Å². The van der Waals surface area contributed by atoms with Crippen LogP contribution in [0.5, 0.6) is 0 Å². The molecule has 0 unspecified atom stereocenters. The molecular formula is C46H28N4. The van der Waals surface area contributed by atoms with E-state index in [1.165, 1.54) is 60.8 Å². The molecule has 0 saturated carbocycles. The molecule has 0 aliphatic heterocycles. The van der Waals surface area contributed by atoms with Gasteiger partial charge in [-0.05, 0) is 81.4 Å². The lowest BCUT2D eigenvalue weighted by Gasteiger charge is -2.30. The van der Waals surface area contributed by atoms with Crippen LogP contribution >= 0.6 is 0 Å². The van der Waals surface area contributed by atoms with Crippen LogP contribution in [-0.4, -0.2) is 19.5 Å². The minimum absolute atomic E-state index is 0.426. The van der Waals surface area contributed by atoms with Crippen molar-refractivity contribution in [3.8, 4) is 50.7 Å². The zero-order valence-electron chi connectivity index (χ0n) is 27.0. The molecule has 2 aliphatic rings. The first-order valence-electron chi connectivity index (χ1n) is 17.0. The van der Waals surface area contributed by atoms with Crippen LogP contribution in [0.1, 0.15) is 22.3 Å². The topological polar surface area (TPSA) is 43.6 Å². The Balaban J connectivity index is 1.30. The summed E-state index contributed by atoms with van der Waals surface area (Å²) in [5, 5.41) is 2.44. The standard InChI is InChI=1S/C46H28N4/c1-5-17-35-30(13-1)31-14-2-6-18-36(31)46(35)37-19-7-3-16-34(37)44-38(46)24-23-33-32-15-4-8-22-43(32)50(45(33)44)29-27-41(39-20-9-11-25-47-39)49-42(28-29)40-21-10-12-26-48-40/h1-28H. The minimum Gasteiger partial charge on any atom is -0.308 e. The van der Waals surface area contributed by atoms with Gasteiger partial charge in [0.15, 0.2) is 0 Å². The van der Waals surface area contributed by atoms with Gasteiger partial charge >= 0.3 is 0 Å². The van der Waals surface area contributed by atoms with E-state index in [0.29, 0.717) is 0 Å². The fraction of sp³-hybridized carbons (Fsp3) is 0.0217. The zero-order chi connectivity index (χ0) is 32.8. The van der Waals surface area contributed by atoms with E-state index in [2.05, 4.69) is 126 Å². The first-order chi connectivity index (χ1) is 24.8. The molecule has 0 amide bonds. The fourth-order valence-corrected chi connectivity index (χ4v) is 8.84. The highest BCUT2D eigenvalue weighted by Crippen LogP contribution is 2.64. The van der Waals surface area contributed by atoms with Crippen molar-refractivity contribution in [3.63, 3.8) is 0 Å². The summed E-state index contributed by atoms with van der Waals surface area (Å²) in [6, 6.07) is 56.8. The van der Waals surface area contributed by atoms with Crippen molar-refractivity contribution in [2.45, 2.75) is 5.41 Å². The zero-order valence-corrected chi connectivity index (χ0v) is 27.0. The van der Waals surface area contributed by atoms with E-state index in [9.17, 15) is 0 Å². The second-order valence-corrected chi connectivity index (χ2v) is 13.1. The van der Waals surface area contributed by atoms with Crippen LogP contribution in [0.15, 0.2) is 170 Å². The molecule has 0 radical (unpaired) electrons. The number of pyridine rings is 3. The highest BCUT2D eigenvalue weighted by atomic mass is 15.0. The van der Waals surface area contributed by atoms with Crippen molar-refractivity contribution in [2.75, 3.05) is 0 Å². The lowest BCUT2D eigenvalue weighted by molar-refractivity contribution is 0.794. The summed E-state index contributed by atoms with van der Waals surface area (Å²) in [6.07, 6.45) is 3.65. The molecule has 4 heteroatoms. The predicted octanol–water partition coefficient (Wildman–Crippen LogP) is 10.6. The lowest BCUT2D eigenvalue weighted by Crippen LogP contribution is -2.25. The van der Waals surface area contributed by atoms with Crippen molar-refractivity contribution >= 4 is 21.8 Å². The van der Waals surface area contributed by atoms with E-state index < -0.39 is 5.41 Å². The molecule has 9 aromatic rings. The normalized spacial score (nSPS) is 13.4. The van der Waals surface area contributed by atoms with Crippen LogP contribution in [-0.2, 0) is 5.41 Å². The second-order valence-electron chi connectivity index (χ2n) is 13.1. The average molecular weight is 637 g/mol. The fourth-order valence-electron chi connectivity index (χ4n) is 8.84. The molecule has 4 aromatic heterocycles. The van der Waals surface area contributed by atoms with Crippen molar-refractivity contribution in [1.29, 1.82) is 0 Å². The Labute approximate surface area is 289 Å². The number of hydrogen-bond acceptors (Lipinski definition) is 3. The summed E-state index contributed by atoms with van der Waals surface area (Å²) in [5.74, 6) is 0. The largest absolute Gasteiger partial charge is 0.308 e. The summed E-state index contributed by atoms with van der Waals surface area (Å²) in [4.78, 5) is 14.6. The van der Waals surface area contributed by atoms with Gasteiger partial charge in [0.1, 0.15) is 0 Å². The van der Waals surface area contributed by atoms with Gasteiger partial charge in [-0.15, -0.1) is 0 Å². The Hall–Kier alpha value is -6.65. The molecule has 0 N–H and O–H groups in total. The number of hydrogen-bond donors (Lipinski definition) is 0. The maximum absolute atomic E-state index is 5.12. The van der Waals surface area contributed by atoms with Crippen molar-refractivity contribution in [1.82, 2.24) is 19.5 Å². The average Bonchev–Trinajstić information content (AvgIpc) is 3.80. The van der Waals surface area contributed by atoms with E-state index in [4.69, 9.17) is 15.0 Å². The van der Waals surface area contributed by atoms with E-state index in [-0.39, 0.29) is 0 Å². The van der Waals surface area contributed by atoms with Crippen molar-refractivity contribution < 1.29 is 0 Å². The Bertz CT molecular complexity index is 2710. The van der Waals surface area contributed by atoms with Gasteiger partial charge in [-0.25, -0.2) is 4.98 Å². The third-order valence-corrected chi connectivity index (χ3v) is 10.7. The second kappa shape index (κ2) is 10.2. The number of benzene rings is 5. The van der Waals surface area contributed by atoms with Gasteiger partial charge in [-0.2, -0.15) is 0 Å². The summed E-state index contributed by atoms with van der Waals surface area (Å²) in [7, 11) is 0. The van der Waals surface area contributed by atoms with Crippen LogP contribution in [0.3, 0.4) is 0 Å². The minimum atomic E-state index is -0.426. The van der Waals surface area contributed by atoms with Gasteiger partial charge in [-0.1, -0.05) is 115 Å². The molecule has 2 aliphatic carbocycles. The lowest BCUT2D eigenvalue weighted by atomic mass is 9.70. The smallest absolute Gasteiger partial charge is 0.0915 e. The molecule has 232 valence electrons. The SMILES string of the molecule is c1ccc(-c2cc(-n3c4ccccc4c4ccc5c(c43)-c3ccccc3C53c4ccccc4-c4ccccc43)cc(-c3ccccn3)n2)nc1. The monoisotopic (exact) mass is 636 g/mol. The third-order valence-electron chi connectivity index (χ3n) is 10.7. The number of aromatic nitrogens is 4. The number of fused-ring (bicyclic) bond motifs is 14. The van der Waals surface area contributed by atoms with Gasteiger partial charge < -0.3 is 4.57 Å². The molecule has 5 aromatic carbocycles. The molecule has 11 rings (SSSR count). The Morgan fingerprint density at radius 3 is 1.58 bits per heavy atom. The van der Waals surface area contributed by atoms with E-state index in [0.717, 1.165) is 34.0 Å². The van der Waals surface area contributed by atoms with Crippen LogP contribution in [0.25, 0.3) is 72.5 Å². The highest BCUT2D eigenvalue weighted by molar-refractivity contribution is 6.16. The first kappa shape index (κ1) is 27.3. The molecule has 4 nitrogen and oxygen atoms in total. The summed E-state index contributed by atoms with van der Waals surface area (Å²) >= 11 is 0. The molecule has 0 bridgehead atoms. The van der Waals surface area contributed by atoms with Crippen LogP contribution in [0.2, 0.25) is 0 Å². The molecule has 4 heterocycles. The first-order valence-corrected chi connectivity index (χ1v) is 17.0. The van der Waals surface area contributed by atoms with E-state index in [1.807, 2.05) is 48.8 Å². The van der Waals surface area contributed by atoms with Crippen LogP contribution in [0, 0.1) is 0 Å². The van der Waals surface area contributed by atoms with Crippen molar-refractivity contribution in [2.24, 2.45) is 0 Å². The third kappa shape index (κ3) is 3.52. The Morgan fingerprint density at radius 2 is 0.960 bits per heavy atom. The van der Waals surface area contributed by atoms with Gasteiger partial charge in [0.2, 0.25) is 0 Å². The molecule has 0 fully saturated rings. The number of rotatable bonds is 3. The van der Waals surface area contributed by atoms with Gasteiger partial charge in [-0.3, -0.25) is 9.97 Å². The van der Waals surface area contributed by atoms with Crippen molar-refractivity contribution in [3.05, 3.63) is 192 Å². The predicted molar refractivity (Wildman–Crippen MR) is 201 cm³/mol. The highest BCUT2D eigenvalue weighted by Gasteiger charge is 2.52. The maximum Gasteiger partial charge on any atom is 0.0915 e. The molecular weight excluding hydrogens is 609 g/mol. The summed E-state index contributed by atoms with van der Waals surface area (Å²) in [6.45, 7) is 0. The summed E-state index contributed by atoms with van der Waals surface area (Å²) in [5.41, 5.74) is 16.7.